The number of hydrogen-bond donors (Lipinski definition) is 2. The lowest BCUT2D eigenvalue weighted by Gasteiger charge is -2.09. The van der Waals surface area contributed by atoms with Crippen molar-refractivity contribution in [3.8, 4) is 6.01 Å². The van der Waals surface area contributed by atoms with Crippen molar-refractivity contribution in [1.29, 1.82) is 0 Å². The van der Waals surface area contributed by atoms with Gasteiger partial charge in [0.25, 0.3) is 0 Å². The molecule has 112 valence electrons. The lowest BCUT2D eigenvalue weighted by atomic mass is 10.5. The molecule has 0 bridgehead atoms. The Morgan fingerprint density at radius 1 is 1.25 bits per heavy atom. The summed E-state index contributed by atoms with van der Waals surface area (Å²) in [6.45, 7) is -2.86. The number of halogens is 6. The molecule has 0 atom stereocenters. The Bertz CT molecular complexity index is 443. The predicted octanol–water partition coefficient (Wildman–Crippen LogP) is 1.95. The third kappa shape index (κ3) is 5.84. The first-order chi connectivity index (χ1) is 9.29. The summed E-state index contributed by atoms with van der Waals surface area (Å²) in [5.74, 6) is 0. The van der Waals surface area contributed by atoms with Crippen LogP contribution in [0.3, 0.4) is 0 Å². The van der Waals surface area contributed by atoms with Crippen molar-refractivity contribution in [2.24, 2.45) is 0 Å². The number of hydrogen-bond acceptors (Lipinski definition) is 6. The van der Waals surface area contributed by atoms with E-state index < -0.39 is 18.5 Å². The van der Waals surface area contributed by atoms with Crippen molar-refractivity contribution in [3.05, 3.63) is 30.4 Å². The highest BCUT2D eigenvalue weighted by atomic mass is 35.5. The zero-order valence-electron chi connectivity index (χ0n) is 9.40. The maximum absolute atomic E-state index is 11.7. The van der Waals surface area contributed by atoms with E-state index in [9.17, 15) is 22.0 Å². The molecule has 1 aromatic rings. The minimum Gasteiger partial charge on any atom is -0.401 e. The maximum atomic E-state index is 11.7. The van der Waals surface area contributed by atoms with Crippen molar-refractivity contribution in [1.82, 2.24) is 25.5 Å². The summed E-state index contributed by atoms with van der Waals surface area (Å²) in [6, 6.07) is 1.20. The van der Waals surface area contributed by atoms with Crippen LogP contribution in [0.5, 0.6) is 6.01 Å². The molecule has 0 saturated carbocycles. The van der Waals surface area contributed by atoms with E-state index >= 15 is 0 Å². The molecule has 0 aromatic carbocycles. The molecule has 1 aliphatic heterocycles. The second-order valence-electron chi connectivity index (χ2n) is 2.99. The second-order valence-corrected chi connectivity index (χ2v) is 3.33. The third-order valence-electron chi connectivity index (χ3n) is 1.58. The zero-order chi connectivity index (χ0) is 15.2. The van der Waals surface area contributed by atoms with Gasteiger partial charge in [-0.1, -0.05) is 0 Å². The fourth-order valence-electron chi connectivity index (χ4n) is 0.863. The van der Waals surface area contributed by atoms with Gasteiger partial charge < -0.3 is 4.74 Å². The Morgan fingerprint density at radius 3 is 2.20 bits per heavy atom. The zero-order valence-corrected chi connectivity index (χ0v) is 10.2. The Labute approximate surface area is 114 Å². The standard InChI is InChI=1S/C5H4F2N2O.C3H3ClF3N3/c6-4(7)10-5-8-2-1-3-9-5;4-10-8-1-2(9-10)3(5,6)7/h1-4H;1,8-9H. The van der Waals surface area contributed by atoms with Crippen molar-refractivity contribution >= 4 is 11.8 Å². The molecular weight excluding hydrogens is 313 g/mol. The van der Waals surface area contributed by atoms with Crippen LogP contribution in [0.4, 0.5) is 22.0 Å². The average molecular weight is 320 g/mol. The quantitative estimate of drug-likeness (QED) is 0.642. The van der Waals surface area contributed by atoms with Gasteiger partial charge in [-0.3, -0.25) is 10.9 Å². The number of aromatic nitrogens is 2. The van der Waals surface area contributed by atoms with Crippen molar-refractivity contribution < 1.29 is 26.7 Å². The SMILES string of the molecule is FC(F)(F)C1=CNN(Cl)N1.FC(F)Oc1ncccn1. The van der Waals surface area contributed by atoms with Gasteiger partial charge >= 0.3 is 18.8 Å². The van der Waals surface area contributed by atoms with E-state index in [0.717, 1.165) is 6.20 Å². The van der Waals surface area contributed by atoms with Gasteiger partial charge in [-0.25, -0.2) is 9.97 Å². The molecule has 1 aromatic heterocycles. The molecule has 2 rings (SSSR count). The Balaban J connectivity index is 0.000000200. The van der Waals surface area contributed by atoms with Crippen molar-refractivity contribution in [2.45, 2.75) is 12.8 Å². The molecule has 0 unspecified atom stereocenters. The van der Waals surface area contributed by atoms with E-state index in [2.05, 4.69) is 20.1 Å². The molecular formula is C8H7ClF5N5O. The van der Waals surface area contributed by atoms with Gasteiger partial charge in [0, 0.05) is 30.4 Å². The summed E-state index contributed by atoms with van der Waals surface area (Å²) >= 11 is 5.07. The van der Waals surface area contributed by atoms with Gasteiger partial charge in [-0.05, 0) is 10.7 Å². The lowest BCUT2D eigenvalue weighted by molar-refractivity contribution is -0.0985. The van der Waals surface area contributed by atoms with Crippen molar-refractivity contribution in [2.75, 3.05) is 0 Å². The molecule has 2 N–H and O–H groups in total. The summed E-state index contributed by atoms with van der Waals surface area (Å²) < 4.78 is 62.3. The maximum Gasteiger partial charge on any atom is 0.433 e. The average Bonchev–Trinajstić information content (AvgIpc) is 2.77. The Hall–Kier alpha value is -1.88. The summed E-state index contributed by atoms with van der Waals surface area (Å²) in [7, 11) is 0. The summed E-state index contributed by atoms with van der Waals surface area (Å²) in [6.07, 6.45) is -1.00. The van der Waals surface area contributed by atoms with Crippen LogP contribution >= 0.6 is 11.8 Å². The van der Waals surface area contributed by atoms with E-state index in [4.69, 9.17) is 11.8 Å². The van der Waals surface area contributed by atoms with Crippen LogP contribution in [-0.4, -0.2) is 27.4 Å². The van der Waals surface area contributed by atoms with Gasteiger partial charge in [0.15, 0.2) is 5.70 Å². The molecule has 0 spiro atoms. The van der Waals surface area contributed by atoms with Gasteiger partial charge in [-0.15, -0.1) is 0 Å². The molecule has 0 fully saturated rings. The van der Waals surface area contributed by atoms with Crippen LogP contribution in [-0.2, 0) is 0 Å². The monoisotopic (exact) mass is 319 g/mol. The predicted molar refractivity (Wildman–Crippen MR) is 56.8 cm³/mol. The van der Waals surface area contributed by atoms with Gasteiger partial charge in [0.05, 0.1) is 0 Å². The second kappa shape index (κ2) is 7.05. The Kier molecular flexibility index (Phi) is 5.70. The van der Waals surface area contributed by atoms with Crippen LogP contribution in [0.15, 0.2) is 30.4 Å². The number of ether oxygens (including phenoxy) is 1. The molecule has 0 aliphatic carbocycles. The number of alkyl halides is 5. The third-order valence-corrected chi connectivity index (χ3v) is 1.76. The first-order valence-corrected chi connectivity index (χ1v) is 5.11. The molecule has 1 aliphatic rings. The van der Waals surface area contributed by atoms with Gasteiger partial charge in [0.2, 0.25) is 0 Å². The largest absolute Gasteiger partial charge is 0.433 e. The number of rotatable bonds is 2. The Morgan fingerprint density at radius 2 is 1.85 bits per heavy atom. The van der Waals surface area contributed by atoms with Crippen LogP contribution in [0, 0.1) is 0 Å². The number of allylic oxidation sites excluding steroid dienone is 1. The normalized spacial score (nSPS) is 14.8. The first kappa shape index (κ1) is 16.2. The minimum atomic E-state index is -4.38. The van der Waals surface area contributed by atoms with Crippen LogP contribution in [0.2, 0.25) is 0 Å². The van der Waals surface area contributed by atoms with E-state index in [1.807, 2.05) is 5.43 Å². The number of nitrogens with zero attached hydrogens (tertiary/aromatic N) is 3. The minimum absolute atomic E-state index is 0.308. The molecule has 0 radical (unpaired) electrons. The van der Waals surface area contributed by atoms with Gasteiger partial charge in [0.1, 0.15) is 0 Å². The van der Waals surface area contributed by atoms with Crippen LogP contribution in [0.1, 0.15) is 0 Å². The van der Waals surface area contributed by atoms with E-state index in [-0.39, 0.29) is 6.01 Å². The van der Waals surface area contributed by atoms with Gasteiger partial charge in [-0.2, -0.15) is 22.0 Å². The van der Waals surface area contributed by atoms with Crippen LogP contribution in [0.25, 0.3) is 0 Å². The molecule has 20 heavy (non-hydrogen) atoms. The molecule has 2 heterocycles. The number of hydrazine groups is 2. The topological polar surface area (TPSA) is 62.3 Å². The fourth-order valence-corrected chi connectivity index (χ4v) is 1.00. The van der Waals surface area contributed by atoms with Crippen LogP contribution < -0.4 is 15.6 Å². The molecule has 0 amide bonds. The first-order valence-electron chi connectivity index (χ1n) is 4.77. The highest BCUT2D eigenvalue weighted by molar-refractivity contribution is 6.12. The van der Waals surface area contributed by atoms with Crippen molar-refractivity contribution in [3.63, 3.8) is 0 Å². The smallest absolute Gasteiger partial charge is 0.401 e. The number of nitrogens with one attached hydrogen (secondary N) is 2. The summed E-state index contributed by atoms with van der Waals surface area (Å²) in [4.78, 5) is 6.81. The molecule has 0 saturated heterocycles. The molecule has 12 heteroatoms. The highest BCUT2D eigenvalue weighted by Gasteiger charge is 2.37. The summed E-state index contributed by atoms with van der Waals surface area (Å²) in [5.41, 5.74) is 2.98. The lowest BCUT2D eigenvalue weighted by Crippen LogP contribution is -2.33. The summed E-state index contributed by atoms with van der Waals surface area (Å²) in [5, 5.41) is 0. The van der Waals surface area contributed by atoms with E-state index in [0.29, 0.717) is 4.64 Å². The van der Waals surface area contributed by atoms with E-state index in [1.54, 1.807) is 0 Å². The molecule has 6 nitrogen and oxygen atoms in total. The highest BCUT2D eigenvalue weighted by Crippen LogP contribution is 2.24. The fraction of sp³-hybridized carbons (Fsp3) is 0.250. The van der Waals surface area contributed by atoms with E-state index in [1.165, 1.54) is 18.5 Å².